The average molecular weight is 1530 g/mol. The van der Waals surface area contributed by atoms with E-state index in [0.717, 1.165) is 131 Å². The van der Waals surface area contributed by atoms with Crippen LogP contribution in [-0.2, 0) is 0 Å². The fourth-order valence-corrected chi connectivity index (χ4v) is 16.3. The Bertz CT molecular complexity index is 5470. The van der Waals surface area contributed by atoms with Crippen molar-refractivity contribution < 1.29 is 38.1 Å². The first-order valence-corrected chi connectivity index (χ1v) is 41.5. The molecule has 0 saturated heterocycles. The fraction of sp³-hybridized carbons (Fsp3) is 0.269. The maximum atomic E-state index is 16.3. The molecule has 0 bridgehead atoms. The molecule has 13 aromatic rings. The number of unbranched alkanes of at least 4 members (excludes halogenated alkanes) is 4. The zero-order chi connectivity index (χ0) is 81.0. The summed E-state index contributed by atoms with van der Waals surface area (Å²) < 4.78 is 24.5. The summed E-state index contributed by atoms with van der Waals surface area (Å²) in [5.74, 6) is 15.7. The van der Waals surface area contributed by atoms with Crippen LogP contribution in [0.5, 0.6) is 23.0 Å². The minimum absolute atomic E-state index is 0.0387. The number of hydrogen-bond acceptors (Lipinski definition) is 10. The summed E-state index contributed by atoms with van der Waals surface area (Å²) in [5.41, 5.74) is 14.0. The van der Waals surface area contributed by atoms with Gasteiger partial charge >= 0.3 is 0 Å². The number of amides is 4. The molecule has 13 aromatic carbocycles. The molecule has 0 aromatic heterocycles. The molecule has 4 amide bonds. The predicted octanol–water partition coefficient (Wildman–Crippen LogP) is 26.3. The number of carbonyl (C=O) groups is 4. The molecule has 0 unspecified atom stereocenters. The molecule has 0 fully saturated rings. The van der Waals surface area contributed by atoms with Gasteiger partial charge in [-0.25, -0.2) is 9.80 Å². The third-order valence-corrected chi connectivity index (χ3v) is 22.4. The van der Waals surface area contributed by atoms with Crippen molar-refractivity contribution in [1.82, 2.24) is 0 Å². The average Bonchev–Trinajstić information content (AvgIpc) is 0.677. The molecule has 0 N–H and O–H groups in total. The van der Waals surface area contributed by atoms with Gasteiger partial charge in [0.2, 0.25) is 0 Å². The van der Waals surface area contributed by atoms with Crippen molar-refractivity contribution in [2.45, 2.75) is 158 Å². The normalized spacial score (nSPS) is 12.6. The van der Waals surface area contributed by atoms with E-state index in [9.17, 15) is 0 Å². The maximum absolute atomic E-state index is 16.3. The third kappa shape index (κ3) is 15.2. The summed E-state index contributed by atoms with van der Waals surface area (Å²) in [6, 6.07) is 72.4. The Morgan fingerprint density at radius 1 is 0.293 bits per heavy atom. The van der Waals surface area contributed by atoms with Crippen LogP contribution in [0, 0.1) is 23.7 Å². The van der Waals surface area contributed by atoms with Gasteiger partial charge in [0.05, 0.1) is 48.9 Å². The van der Waals surface area contributed by atoms with Crippen LogP contribution >= 0.6 is 0 Å². The summed E-state index contributed by atoms with van der Waals surface area (Å²) >= 11 is 0. The Balaban J connectivity index is 0.939. The second-order valence-corrected chi connectivity index (χ2v) is 31.6. The third-order valence-electron chi connectivity index (χ3n) is 22.4. The Kier molecular flexibility index (Phi) is 23.2. The Labute approximate surface area is 682 Å². The van der Waals surface area contributed by atoms with E-state index in [-0.39, 0.29) is 23.7 Å². The van der Waals surface area contributed by atoms with Crippen LogP contribution in [0.4, 0.5) is 45.5 Å². The highest BCUT2D eigenvalue weighted by atomic mass is 16.5. The lowest BCUT2D eigenvalue weighted by molar-refractivity contribution is 0.0877. The molecule has 116 heavy (non-hydrogen) atoms. The van der Waals surface area contributed by atoms with Crippen molar-refractivity contribution in [2.24, 2.45) is 0 Å². The van der Waals surface area contributed by atoms with Gasteiger partial charge in [-0.1, -0.05) is 181 Å². The maximum Gasteiger partial charge on any atom is 0.266 e. The van der Waals surface area contributed by atoms with Gasteiger partial charge in [0.1, 0.15) is 23.0 Å². The summed E-state index contributed by atoms with van der Waals surface area (Å²) in [4.78, 5) is 71.9. The molecule has 15 rings (SSSR count). The molecule has 2 aliphatic rings. The SMILES string of the molecule is CCCCOc1ccc(N(c2ccc(C#Cc3cc4c5c(ccc6c7c(C#Cc8ccc(N(c9ccc(OCCCC)cc9)c9ccc(OCCCC)cc9)cc8)cc8c9c(ccc(c3c56)c97)C(=O)N(c3c(C(C)C)cccc3C(C)C)C8=O)C(=O)N(c3c(C(C)C)cccc3C(C)C)C4=O)cc2)c2ccc(OCCCC)cc2)cc1. The van der Waals surface area contributed by atoms with Crippen LogP contribution in [0.3, 0.4) is 0 Å². The fourth-order valence-electron chi connectivity index (χ4n) is 16.3. The van der Waals surface area contributed by atoms with Gasteiger partial charge in [-0.2, -0.15) is 0 Å². The van der Waals surface area contributed by atoms with Crippen molar-refractivity contribution in [1.29, 1.82) is 0 Å². The number of fused-ring (bicyclic) bond motifs is 2. The van der Waals surface area contributed by atoms with Crippen LogP contribution in [0.2, 0.25) is 0 Å². The largest absolute Gasteiger partial charge is 0.494 e. The molecule has 0 radical (unpaired) electrons. The quantitative estimate of drug-likeness (QED) is 0.0154. The van der Waals surface area contributed by atoms with Crippen LogP contribution in [-0.4, -0.2) is 50.1 Å². The second kappa shape index (κ2) is 34.2. The minimum Gasteiger partial charge on any atom is -0.494 e. The van der Waals surface area contributed by atoms with E-state index < -0.39 is 23.6 Å². The lowest BCUT2D eigenvalue weighted by Gasteiger charge is -2.34. The molecular weight excluding hydrogens is 1430 g/mol. The number of carbonyl (C=O) groups excluding carboxylic acids is 4. The Morgan fingerprint density at radius 3 is 0.810 bits per heavy atom. The van der Waals surface area contributed by atoms with Crippen molar-refractivity contribution in [2.75, 3.05) is 46.0 Å². The number of ether oxygens (including phenoxy) is 4. The van der Waals surface area contributed by atoms with E-state index in [1.54, 1.807) is 0 Å². The predicted molar refractivity (Wildman–Crippen MR) is 475 cm³/mol. The molecule has 584 valence electrons. The minimum atomic E-state index is -0.464. The van der Waals surface area contributed by atoms with E-state index in [2.05, 4.69) is 189 Å². The first kappa shape index (κ1) is 78.6. The van der Waals surface area contributed by atoms with Crippen molar-refractivity contribution in [3.05, 3.63) is 285 Å². The summed E-state index contributed by atoms with van der Waals surface area (Å²) in [5, 5.41) is 4.97. The topological polar surface area (TPSA) is 118 Å². The van der Waals surface area contributed by atoms with Gasteiger partial charge in [-0.15, -0.1) is 0 Å². The van der Waals surface area contributed by atoms with Crippen molar-refractivity contribution in [3.63, 3.8) is 0 Å². The number of rotatable bonds is 28. The standard InChI is InChI=1S/C104H100N4O8/c1-13-17-59-113-79-47-39-75(40-48-79)105(76-41-49-80(50-42-76)114-60-18-14-2)73-35-29-69(30-36-73)27-33-71-63-91-95-89(101(109)107(103(91)111)99-83(65(5)6)23-21-24-84(99)66(7)8)58-56-88-94-72(34-28-70-31-37-74(38-32-70)106(77-43-51-81(52-44-77)115-61-19-15-3)78-45-53-82(54-46-78)116-62-20-16-4)64-92-96-90(57-55-87(98(94)96)93(71)97(88)95)102(110)108(104(92)112)100-85(67(9)10)25-22-26-86(100)68(11)12/h21-26,29-32,35-58,63-68H,13-20,59-62H2,1-12H3. The molecule has 0 aliphatic carbocycles. The smallest absolute Gasteiger partial charge is 0.266 e. The van der Waals surface area contributed by atoms with Gasteiger partial charge < -0.3 is 28.7 Å². The zero-order valence-corrected chi connectivity index (χ0v) is 68.6. The molecule has 0 saturated carbocycles. The van der Waals surface area contributed by atoms with E-state index in [1.807, 2.05) is 146 Å². The Morgan fingerprint density at radius 2 is 0.552 bits per heavy atom. The molecule has 2 heterocycles. The number of benzene rings is 13. The van der Waals surface area contributed by atoms with Crippen LogP contribution < -0.4 is 38.5 Å². The van der Waals surface area contributed by atoms with Crippen LogP contribution in [0.1, 0.15) is 244 Å². The molecule has 2 aliphatic heterocycles. The second-order valence-electron chi connectivity index (χ2n) is 31.6. The molecule has 0 atom stereocenters. The number of nitrogens with zero attached hydrogens (tertiary/aromatic N) is 4. The Hall–Kier alpha value is -12.6. The van der Waals surface area contributed by atoms with Gasteiger partial charge in [0.25, 0.3) is 23.6 Å². The van der Waals surface area contributed by atoms with Gasteiger partial charge in [0, 0.05) is 99.8 Å². The number of para-hydroxylation sites is 2. The molecule has 12 heteroatoms. The van der Waals surface area contributed by atoms with Crippen molar-refractivity contribution >= 4 is 112 Å². The van der Waals surface area contributed by atoms with Crippen LogP contribution in [0.15, 0.2) is 218 Å². The summed E-state index contributed by atoms with van der Waals surface area (Å²) in [6.45, 7) is 27.9. The number of imide groups is 2. The van der Waals surface area contributed by atoms with Crippen LogP contribution in [0.25, 0.3) is 43.1 Å². The van der Waals surface area contributed by atoms with Gasteiger partial charge in [-0.3, -0.25) is 19.2 Å². The van der Waals surface area contributed by atoms with Crippen molar-refractivity contribution in [3.8, 4) is 46.7 Å². The summed E-state index contributed by atoms with van der Waals surface area (Å²) in [6.07, 6.45) is 8.00. The van der Waals surface area contributed by atoms with Gasteiger partial charge in [-0.05, 0) is 252 Å². The number of anilines is 8. The molecule has 0 spiro atoms. The molecule has 12 nitrogen and oxygen atoms in total. The van der Waals surface area contributed by atoms with E-state index >= 15 is 19.2 Å². The highest BCUT2D eigenvalue weighted by molar-refractivity contribution is 6.46. The molecular formula is C104H100N4O8. The lowest BCUT2D eigenvalue weighted by atomic mass is 9.79. The summed E-state index contributed by atoms with van der Waals surface area (Å²) in [7, 11) is 0. The first-order chi connectivity index (χ1) is 56.4. The van der Waals surface area contributed by atoms with E-state index in [4.69, 9.17) is 18.9 Å². The lowest BCUT2D eigenvalue weighted by Crippen LogP contribution is -2.42. The van der Waals surface area contributed by atoms with E-state index in [1.165, 1.54) is 9.80 Å². The van der Waals surface area contributed by atoms with Gasteiger partial charge in [0.15, 0.2) is 0 Å². The first-order valence-electron chi connectivity index (χ1n) is 41.5. The highest BCUT2D eigenvalue weighted by Gasteiger charge is 2.42. The highest BCUT2D eigenvalue weighted by Crippen LogP contribution is 2.52. The number of hydrogen-bond donors (Lipinski definition) is 0. The van der Waals surface area contributed by atoms with E-state index in [0.29, 0.717) is 125 Å². The monoisotopic (exact) mass is 1530 g/mol. The zero-order valence-electron chi connectivity index (χ0n) is 68.6.